The zero-order chi connectivity index (χ0) is 15.9. The molecule has 5 nitrogen and oxygen atoms in total. The number of carbonyl (C=O) groups excluding carboxylic acids is 1. The molecule has 1 aliphatic heterocycles. The third-order valence-corrected chi connectivity index (χ3v) is 4.16. The lowest BCUT2D eigenvalue weighted by molar-refractivity contribution is -0.116. The highest BCUT2D eigenvalue weighted by Crippen LogP contribution is 2.21. The monoisotopic (exact) mass is 325 g/mol. The summed E-state index contributed by atoms with van der Waals surface area (Å²) >= 11 is 6.33. The van der Waals surface area contributed by atoms with Crippen molar-refractivity contribution in [3.05, 3.63) is 22.5 Å². The van der Waals surface area contributed by atoms with Crippen molar-refractivity contribution in [2.75, 3.05) is 13.2 Å². The Kier molecular flexibility index (Phi) is 6.46. The SMILES string of the molecule is CCCCn1nc(C)c(/C=C/C(=O)NCC2CCCO2)c1Cl. The Morgan fingerprint density at radius 2 is 2.41 bits per heavy atom. The van der Waals surface area contributed by atoms with Gasteiger partial charge in [0.1, 0.15) is 5.15 Å². The normalized spacial score (nSPS) is 18.2. The first-order valence-electron chi connectivity index (χ1n) is 7.92. The second-order valence-corrected chi connectivity index (χ2v) is 5.94. The lowest BCUT2D eigenvalue weighted by Gasteiger charge is -2.08. The number of amides is 1. The van der Waals surface area contributed by atoms with Gasteiger partial charge in [0.25, 0.3) is 0 Å². The predicted octanol–water partition coefficient (Wildman–Crippen LogP) is 2.95. The van der Waals surface area contributed by atoms with Crippen LogP contribution in [0.15, 0.2) is 6.08 Å². The smallest absolute Gasteiger partial charge is 0.244 e. The van der Waals surface area contributed by atoms with Crippen LogP contribution in [0.25, 0.3) is 6.08 Å². The number of ether oxygens (including phenoxy) is 1. The molecule has 0 aliphatic carbocycles. The largest absolute Gasteiger partial charge is 0.376 e. The third kappa shape index (κ3) is 4.58. The summed E-state index contributed by atoms with van der Waals surface area (Å²) in [5, 5.41) is 7.86. The van der Waals surface area contributed by atoms with Crippen LogP contribution in [0.5, 0.6) is 0 Å². The highest BCUT2D eigenvalue weighted by molar-refractivity contribution is 6.31. The van der Waals surface area contributed by atoms with Crippen molar-refractivity contribution in [1.82, 2.24) is 15.1 Å². The van der Waals surface area contributed by atoms with Crippen LogP contribution in [-0.2, 0) is 16.1 Å². The van der Waals surface area contributed by atoms with Gasteiger partial charge < -0.3 is 10.1 Å². The van der Waals surface area contributed by atoms with Gasteiger partial charge in [0.05, 0.1) is 11.8 Å². The molecule has 1 aromatic rings. The summed E-state index contributed by atoms with van der Waals surface area (Å²) in [5.41, 5.74) is 1.65. The zero-order valence-electron chi connectivity index (χ0n) is 13.3. The predicted molar refractivity (Wildman–Crippen MR) is 87.9 cm³/mol. The van der Waals surface area contributed by atoms with E-state index in [-0.39, 0.29) is 12.0 Å². The van der Waals surface area contributed by atoms with E-state index >= 15 is 0 Å². The molecule has 2 heterocycles. The number of nitrogens with one attached hydrogen (secondary N) is 1. The van der Waals surface area contributed by atoms with Crippen LogP contribution in [0.3, 0.4) is 0 Å². The van der Waals surface area contributed by atoms with Crippen LogP contribution in [0.4, 0.5) is 0 Å². The fourth-order valence-electron chi connectivity index (χ4n) is 2.45. The highest BCUT2D eigenvalue weighted by atomic mass is 35.5. The molecular formula is C16H24ClN3O2. The van der Waals surface area contributed by atoms with Gasteiger partial charge in [-0.3, -0.25) is 9.48 Å². The minimum atomic E-state index is -0.132. The molecule has 1 N–H and O–H groups in total. The van der Waals surface area contributed by atoms with Gasteiger partial charge in [-0.1, -0.05) is 24.9 Å². The first-order valence-corrected chi connectivity index (χ1v) is 8.30. The highest BCUT2D eigenvalue weighted by Gasteiger charge is 2.15. The van der Waals surface area contributed by atoms with Crippen LogP contribution < -0.4 is 5.32 Å². The minimum Gasteiger partial charge on any atom is -0.376 e. The Bertz CT molecular complexity index is 534. The number of hydrogen-bond donors (Lipinski definition) is 1. The minimum absolute atomic E-state index is 0.132. The first-order chi connectivity index (χ1) is 10.6. The van der Waals surface area contributed by atoms with Crippen molar-refractivity contribution in [1.29, 1.82) is 0 Å². The summed E-state index contributed by atoms with van der Waals surface area (Å²) in [6.45, 7) is 6.19. The standard InChI is InChI=1S/C16H24ClN3O2/c1-3-4-9-20-16(17)14(12(2)19-20)7-8-15(21)18-11-13-6-5-10-22-13/h7-8,13H,3-6,9-11H2,1-2H3,(H,18,21)/b8-7+. The van der Waals surface area contributed by atoms with E-state index in [1.807, 2.05) is 6.92 Å². The van der Waals surface area contributed by atoms with Crippen LogP contribution >= 0.6 is 11.6 Å². The Hall–Kier alpha value is -1.33. The first kappa shape index (κ1) is 17.0. The summed E-state index contributed by atoms with van der Waals surface area (Å²) < 4.78 is 7.27. The van der Waals surface area contributed by atoms with E-state index < -0.39 is 0 Å². The van der Waals surface area contributed by atoms with E-state index in [1.54, 1.807) is 10.8 Å². The van der Waals surface area contributed by atoms with Gasteiger partial charge in [0.2, 0.25) is 5.91 Å². The molecule has 0 bridgehead atoms. The van der Waals surface area contributed by atoms with Crippen LogP contribution in [0.2, 0.25) is 5.15 Å². The number of halogens is 1. The topological polar surface area (TPSA) is 56.2 Å². The number of aryl methyl sites for hydroxylation is 2. The van der Waals surface area contributed by atoms with Gasteiger partial charge in [-0.2, -0.15) is 5.10 Å². The Morgan fingerprint density at radius 1 is 1.59 bits per heavy atom. The Labute approximate surface area is 136 Å². The van der Waals surface area contributed by atoms with Gasteiger partial charge in [0, 0.05) is 31.3 Å². The van der Waals surface area contributed by atoms with Gasteiger partial charge in [-0.15, -0.1) is 0 Å². The molecular weight excluding hydrogens is 302 g/mol. The number of hydrogen-bond acceptors (Lipinski definition) is 3. The molecule has 1 aliphatic rings. The zero-order valence-corrected chi connectivity index (χ0v) is 14.0. The van der Waals surface area contributed by atoms with E-state index in [2.05, 4.69) is 17.3 Å². The molecule has 0 aromatic carbocycles. The molecule has 2 rings (SSSR count). The summed E-state index contributed by atoms with van der Waals surface area (Å²) in [7, 11) is 0. The van der Waals surface area contributed by atoms with Gasteiger partial charge in [-0.25, -0.2) is 0 Å². The fraction of sp³-hybridized carbons (Fsp3) is 0.625. The molecule has 1 aromatic heterocycles. The number of carbonyl (C=O) groups is 1. The molecule has 0 radical (unpaired) electrons. The summed E-state index contributed by atoms with van der Waals surface area (Å²) in [6, 6.07) is 0. The Morgan fingerprint density at radius 3 is 3.09 bits per heavy atom. The van der Waals surface area contributed by atoms with Crippen molar-refractivity contribution in [3.8, 4) is 0 Å². The molecule has 1 fully saturated rings. The van der Waals surface area contributed by atoms with E-state index in [4.69, 9.17) is 16.3 Å². The van der Waals surface area contributed by atoms with E-state index in [9.17, 15) is 4.79 Å². The molecule has 1 atom stereocenters. The maximum Gasteiger partial charge on any atom is 0.244 e. The van der Waals surface area contributed by atoms with Crippen molar-refractivity contribution >= 4 is 23.6 Å². The number of aromatic nitrogens is 2. The van der Waals surface area contributed by atoms with E-state index in [1.165, 1.54) is 6.08 Å². The van der Waals surface area contributed by atoms with Gasteiger partial charge in [-0.05, 0) is 32.3 Å². The molecule has 122 valence electrons. The molecule has 0 spiro atoms. The third-order valence-electron chi connectivity index (χ3n) is 3.76. The van der Waals surface area contributed by atoms with Crippen LogP contribution in [0.1, 0.15) is 43.9 Å². The van der Waals surface area contributed by atoms with Gasteiger partial charge >= 0.3 is 0 Å². The van der Waals surface area contributed by atoms with Crippen LogP contribution in [0, 0.1) is 6.92 Å². The number of unbranched alkanes of at least 4 members (excludes halogenated alkanes) is 1. The van der Waals surface area contributed by atoms with Crippen molar-refractivity contribution < 1.29 is 9.53 Å². The van der Waals surface area contributed by atoms with E-state index in [0.29, 0.717) is 11.7 Å². The lowest BCUT2D eigenvalue weighted by atomic mass is 10.2. The second kappa shape index (κ2) is 8.34. The second-order valence-electron chi connectivity index (χ2n) is 5.58. The maximum atomic E-state index is 11.9. The average Bonchev–Trinajstić information content (AvgIpc) is 3.10. The summed E-state index contributed by atoms with van der Waals surface area (Å²) in [4.78, 5) is 11.9. The molecule has 22 heavy (non-hydrogen) atoms. The summed E-state index contributed by atoms with van der Waals surface area (Å²) in [5.74, 6) is -0.132. The summed E-state index contributed by atoms with van der Waals surface area (Å²) in [6.07, 6.45) is 7.60. The number of nitrogens with zero attached hydrogens (tertiary/aromatic N) is 2. The van der Waals surface area contributed by atoms with Crippen molar-refractivity contribution in [2.24, 2.45) is 0 Å². The molecule has 0 saturated carbocycles. The van der Waals surface area contributed by atoms with Gasteiger partial charge in [0.15, 0.2) is 0 Å². The van der Waals surface area contributed by atoms with Crippen molar-refractivity contribution in [3.63, 3.8) is 0 Å². The Balaban J connectivity index is 1.91. The molecule has 1 saturated heterocycles. The molecule has 6 heteroatoms. The van der Waals surface area contributed by atoms with E-state index in [0.717, 1.165) is 50.1 Å². The lowest BCUT2D eigenvalue weighted by Crippen LogP contribution is -2.30. The number of rotatable bonds is 7. The van der Waals surface area contributed by atoms with Crippen molar-refractivity contribution in [2.45, 2.75) is 52.2 Å². The quantitative estimate of drug-likeness (QED) is 0.784. The fourth-order valence-corrected chi connectivity index (χ4v) is 2.77. The maximum absolute atomic E-state index is 11.9. The average molecular weight is 326 g/mol. The molecule has 1 unspecified atom stereocenters. The van der Waals surface area contributed by atoms with Crippen LogP contribution in [-0.4, -0.2) is 34.9 Å². The molecule has 1 amide bonds.